The molecule has 1 unspecified atom stereocenters. The van der Waals surface area contributed by atoms with E-state index in [1.54, 1.807) is 13.2 Å². The molecule has 0 N–H and O–H groups in total. The first-order valence-electron chi connectivity index (χ1n) is 5.35. The first-order valence-corrected chi connectivity index (χ1v) is 7.35. The largest absolute Gasteiger partial charge is 0.496 e. The standard InChI is InChI=1S/C14H11BrFIO/c1-18-13-7-6-9(16)8-11(13)14(15)10-4-2-3-5-12(10)17/h2-8,14H,1H3. The molecular formula is C14H11BrFIO. The van der Waals surface area contributed by atoms with Crippen LogP contribution in [0, 0.1) is 9.39 Å². The summed E-state index contributed by atoms with van der Waals surface area (Å²) in [6, 6.07) is 12.5. The van der Waals surface area contributed by atoms with Crippen molar-refractivity contribution in [1.82, 2.24) is 0 Å². The SMILES string of the molecule is COc1ccc(F)cc1C(Br)c1ccccc1I. The van der Waals surface area contributed by atoms with Gasteiger partial charge in [0.1, 0.15) is 11.6 Å². The summed E-state index contributed by atoms with van der Waals surface area (Å²) in [4.78, 5) is -0.0868. The predicted molar refractivity (Wildman–Crippen MR) is 82.9 cm³/mol. The lowest BCUT2D eigenvalue weighted by Gasteiger charge is -2.16. The minimum atomic E-state index is -0.263. The zero-order valence-electron chi connectivity index (χ0n) is 9.66. The molecule has 0 saturated heterocycles. The van der Waals surface area contributed by atoms with Crippen LogP contribution in [0.5, 0.6) is 5.75 Å². The van der Waals surface area contributed by atoms with E-state index in [0.717, 1.165) is 14.7 Å². The molecule has 1 atom stereocenters. The highest BCUT2D eigenvalue weighted by Gasteiger charge is 2.17. The zero-order chi connectivity index (χ0) is 13.1. The number of halogens is 3. The van der Waals surface area contributed by atoms with Crippen molar-refractivity contribution in [1.29, 1.82) is 0 Å². The number of benzene rings is 2. The fraction of sp³-hybridized carbons (Fsp3) is 0.143. The summed E-state index contributed by atoms with van der Waals surface area (Å²) in [5, 5.41) is 0. The molecule has 0 fully saturated rings. The van der Waals surface area contributed by atoms with Gasteiger partial charge in [0.15, 0.2) is 0 Å². The van der Waals surface area contributed by atoms with Crippen LogP contribution < -0.4 is 4.74 Å². The van der Waals surface area contributed by atoms with E-state index >= 15 is 0 Å². The minimum Gasteiger partial charge on any atom is -0.496 e. The Morgan fingerprint density at radius 2 is 1.89 bits per heavy atom. The summed E-state index contributed by atoms with van der Waals surface area (Å²) in [6.45, 7) is 0. The molecule has 0 aliphatic carbocycles. The molecule has 0 radical (unpaired) electrons. The lowest BCUT2D eigenvalue weighted by atomic mass is 10.0. The Balaban J connectivity index is 2.48. The summed E-state index contributed by atoms with van der Waals surface area (Å²) in [5.41, 5.74) is 1.89. The van der Waals surface area contributed by atoms with Crippen LogP contribution in [0.25, 0.3) is 0 Å². The Morgan fingerprint density at radius 3 is 2.56 bits per heavy atom. The Labute approximate surface area is 128 Å². The van der Waals surface area contributed by atoms with Crippen molar-refractivity contribution in [3.8, 4) is 5.75 Å². The molecule has 1 nitrogen and oxygen atoms in total. The van der Waals surface area contributed by atoms with Crippen molar-refractivity contribution in [3.63, 3.8) is 0 Å². The number of ether oxygens (including phenoxy) is 1. The molecule has 0 bridgehead atoms. The summed E-state index contributed by atoms with van der Waals surface area (Å²) >= 11 is 5.89. The van der Waals surface area contributed by atoms with Gasteiger partial charge in [-0.05, 0) is 52.4 Å². The summed E-state index contributed by atoms with van der Waals surface area (Å²) in [6.07, 6.45) is 0. The quantitative estimate of drug-likeness (QED) is 0.505. The highest BCUT2D eigenvalue weighted by molar-refractivity contribution is 14.1. The van der Waals surface area contributed by atoms with Gasteiger partial charge in [0.05, 0.1) is 11.9 Å². The van der Waals surface area contributed by atoms with Crippen molar-refractivity contribution < 1.29 is 9.13 Å². The monoisotopic (exact) mass is 420 g/mol. The highest BCUT2D eigenvalue weighted by Crippen LogP contribution is 2.38. The van der Waals surface area contributed by atoms with Crippen LogP contribution in [0.15, 0.2) is 42.5 Å². The molecule has 0 spiro atoms. The minimum absolute atomic E-state index is 0.0868. The van der Waals surface area contributed by atoms with Crippen LogP contribution in [0.2, 0.25) is 0 Å². The molecule has 0 aromatic heterocycles. The van der Waals surface area contributed by atoms with E-state index < -0.39 is 0 Å². The maximum Gasteiger partial charge on any atom is 0.123 e. The van der Waals surface area contributed by atoms with Gasteiger partial charge in [-0.25, -0.2) is 4.39 Å². The number of hydrogen-bond acceptors (Lipinski definition) is 1. The van der Waals surface area contributed by atoms with Gasteiger partial charge in [0.25, 0.3) is 0 Å². The molecule has 0 saturated carbocycles. The maximum atomic E-state index is 13.4. The van der Waals surface area contributed by atoms with Crippen LogP contribution in [0.1, 0.15) is 16.0 Å². The first kappa shape index (κ1) is 13.8. The van der Waals surface area contributed by atoms with Gasteiger partial charge < -0.3 is 4.74 Å². The van der Waals surface area contributed by atoms with Crippen molar-refractivity contribution >= 4 is 38.5 Å². The molecule has 94 valence electrons. The topological polar surface area (TPSA) is 9.23 Å². The fourth-order valence-electron chi connectivity index (χ4n) is 1.75. The normalized spacial score (nSPS) is 12.2. The zero-order valence-corrected chi connectivity index (χ0v) is 13.4. The van der Waals surface area contributed by atoms with Crippen LogP contribution in [-0.4, -0.2) is 7.11 Å². The van der Waals surface area contributed by atoms with E-state index in [2.05, 4.69) is 38.5 Å². The molecule has 2 rings (SSSR count). The number of rotatable bonds is 3. The van der Waals surface area contributed by atoms with Gasteiger partial charge in [-0.1, -0.05) is 34.1 Å². The molecule has 18 heavy (non-hydrogen) atoms. The van der Waals surface area contributed by atoms with Crippen molar-refractivity contribution in [3.05, 3.63) is 63.0 Å². The Kier molecular flexibility index (Phi) is 4.61. The summed E-state index contributed by atoms with van der Waals surface area (Å²) in [7, 11) is 1.59. The third kappa shape index (κ3) is 2.85. The highest BCUT2D eigenvalue weighted by atomic mass is 127. The summed E-state index contributed by atoms with van der Waals surface area (Å²) in [5.74, 6) is 0.416. The van der Waals surface area contributed by atoms with E-state index in [1.807, 2.05) is 24.3 Å². The molecule has 2 aromatic rings. The molecule has 0 amide bonds. The second-order valence-electron chi connectivity index (χ2n) is 3.77. The van der Waals surface area contributed by atoms with E-state index in [1.165, 1.54) is 12.1 Å². The molecule has 0 aliphatic rings. The van der Waals surface area contributed by atoms with E-state index in [4.69, 9.17) is 4.74 Å². The van der Waals surface area contributed by atoms with E-state index in [0.29, 0.717) is 5.75 Å². The predicted octanol–water partition coefficient (Wildman–Crippen LogP) is 4.92. The molecule has 4 heteroatoms. The average Bonchev–Trinajstić information content (AvgIpc) is 2.38. The number of methoxy groups -OCH3 is 1. The Morgan fingerprint density at radius 1 is 1.17 bits per heavy atom. The van der Waals surface area contributed by atoms with Gasteiger partial charge in [0, 0.05) is 9.13 Å². The molecular weight excluding hydrogens is 410 g/mol. The smallest absolute Gasteiger partial charge is 0.123 e. The number of alkyl halides is 1. The Bertz CT molecular complexity index is 559. The van der Waals surface area contributed by atoms with Gasteiger partial charge in [-0.3, -0.25) is 0 Å². The van der Waals surface area contributed by atoms with Crippen molar-refractivity contribution in [2.45, 2.75) is 4.83 Å². The average molecular weight is 421 g/mol. The van der Waals surface area contributed by atoms with Crippen LogP contribution >= 0.6 is 38.5 Å². The van der Waals surface area contributed by atoms with Gasteiger partial charge in [-0.15, -0.1) is 0 Å². The van der Waals surface area contributed by atoms with Crippen LogP contribution in [0.4, 0.5) is 4.39 Å². The van der Waals surface area contributed by atoms with Gasteiger partial charge in [0.2, 0.25) is 0 Å². The van der Waals surface area contributed by atoms with Gasteiger partial charge in [-0.2, -0.15) is 0 Å². The summed E-state index contributed by atoms with van der Waals surface area (Å²) < 4.78 is 19.8. The van der Waals surface area contributed by atoms with Crippen molar-refractivity contribution in [2.75, 3.05) is 7.11 Å². The van der Waals surface area contributed by atoms with E-state index in [-0.39, 0.29) is 10.6 Å². The molecule has 2 aromatic carbocycles. The van der Waals surface area contributed by atoms with Crippen molar-refractivity contribution in [2.24, 2.45) is 0 Å². The fourth-order valence-corrected chi connectivity index (χ4v) is 3.64. The second-order valence-corrected chi connectivity index (χ2v) is 5.85. The molecule has 0 heterocycles. The number of hydrogen-bond donors (Lipinski definition) is 0. The van der Waals surface area contributed by atoms with Crippen LogP contribution in [-0.2, 0) is 0 Å². The van der Waals surface area contributed by atoms with Gasteiger partial charge >= 0.3 is 0 Å². The molecule has 0 aliphatic heterocycles. The lowest BCUT2D eigenvalue weighted by molar-refractivity contribution is 0.409. The third-order valence-corrected chi connectivity index (χ3v) is 4.61. The Hall–Kier alpha value is -0.620. The maximum absolute atomic E-state index is 13.4. The lowest BCUT2D eigenvalue weighted by Crippen LogP contribution is -1.99. The third-order valence-electron chi connectivity index (χ3n) is 2.64. The first-order chi connectivity index (χ1) is 8.63. The van der Waals surface area contributed by atoms with Crippen LogP contribution in [0.3, 0.4) is 0 Å². The van der Waals surface area contributed by atoms with E-state index in [9.17, 15) is 4.39 Å². The second kappa shape index (κ2) is 6.02.